The van der Waals surface area contributed by atoms with Crippen molar-refractivity contribution in [3.05, 3.63) is 0 Å². The molecule has 5 aliphatic carbocycles. The van der Waals surface area contributed by atoms with Crippen molar-refractivity contribution in [3.63, 3.8) is 0 Å². The lowest BCUT2D eigenvalue weighted by molar-refractivity contribution is -0.196. The van der Waals surface area contributed by atoms with Crippen molar-refractivity contribution in [1.29, 1.82) is 5.26 Å². The van der Waals surface area contributed by atoms with Crippen molar-refractivity contribution in [2.75, 3.05) is 6.61 Å². The maximum absolute atomic E-state index is 12.8. The van der Waals surface area contributed by atoms with Crippen molar-refractivity contribution >= 4 is 11.9 Å². The van der Waals surface area contributed by atoms with Gasteiger partial charge in [0.1, 0.15) is 5.54 Å². The van der Waals surface area contributed by atoms with Crippen LogP contribution in [0.1, 0.15) is 70.6 Å². The second-order valence-electron chi connectivity index (χ2n) is 9.34. The summed E-state index contributed by atoms with van der Waals surface area (Å²) in [7, 11) is 0. The van der Waals surface area contributed by atoms with Crippen molar-refractivity contribution in [1.82, 2.24) is 5.32 Å². The number of hydrogen-bond donors (Lipinski definition) is 2. The molecule has 0 unspecified atom stereocenters. The predicted octanol–water partition coefficient (Wildman–Crippen LogP) is 2.20. The molecule has 0 radical (unpaired) electrons. The Bertz CT molecular complexity index is 633. The van der Waals surface area contributed by atoms with Gasteiger partial charge < -0.3 is 15.2 Å². The van der Waals surface area contributed by atoms with E-state index in [1.54, 1.807) is 0 Å². The number of amides is 1. The van der Waals surface area contributed by atoms with Gasteiger partial charge in [0.05, 0.1) is 17.1 Å². The Labute approximate surface area is 154 Å². The Morgan fingerprint density at radius 2 is 1.77 bits per heavy atom. The molecular formula is C20H28N2O4. The van der Waals surface area contributed by atoms with E-state index in [1.165, 1.54) is 0 Å². The molecule has 5 saturated carbocycles. The van der Waals surface area contributed by atoms with Gasteiger partial charge in [-0.05, 0) is 63.2 Å². The maximum Gasteiger partial charge on any atom is 0.312 e. The molecule has 0 aromatic carbocycles. The number of nitrogens with one attached hydrogen (secondary N) is 1. The number of ether oxygens (including phenoxy) is 1. The number of hydrogen-bond acceptors (Lipinski definition) is 5. The highest BCUT2D eigenvalue weighted by molar-refractivity contribution is 5.84. The molecule has 0 aliphatic heterocycles. The maximum atomic E-state index is 12.8. The summed E-state index contributed by atoms with van der Waals surface area (Å²) in [6, 6.07) is 2.24. The molecule has 0 saturated heterocycles. The van der Waals surface area contributed by atoms with E-state index in [0.29, 0.717) is 31.1 Å². The lowest BCUT2D eigenvalue weighted by atomic mass is 9.48. The summed E-state index contributed by atoms with van der Waals surface area (Å²) in [5.74, 6) is 0.0542. The first kappa shape index (κ1) is 17.8. The highest BCUT2D eigenvalue weighted by atomic mass is 16.5. The van der Waals surface area contributed by atoms with Crippen LogP contribution < -0.4 is 5.32 Å². The van der Waals surface area contributed by atoms with Gasteiger partial charge in [-0.3, -0.25) is 9.59 Å². The topological polar surface area (TPSA) is 99.4 Å². The van der Waals surface area contributed by atoms with E-state index < -0.39 is 22.5 Å². The summed E-state index contributed by atoms with van der Waals surface area (Å²) in [5.41, 5.74) is -2.15. The highest BCUT2D eigenvalue weighted by Gasteiger charge is 2.61. The molecule has 1 amide bonds. The van der Waals surface area contributed by atoms with Gasteiger partial charge in [0.25, 0.3) is 5.91 Å². The molecule has 2 N–H and O–H groups in total. The molecule has 0 aromatic rings. The van der Waals surface area contributed by atoms with Crippen LogP contribution in [-0.2, 0) is 14.3 Å². The van der Waals surface area contributed by atoms with Crippen LogP contribution >= 0.6 is 0 Å². The molecule has 5 fully saturated rings. The molecule has 26 heavy (non-hydrogen) atoms. The van der Waals surface area contributed by atoms with Crippen LogP contribution in [0.15, 0.2) is 0 Å². The molecule has 6 heteroatoms. The molecule has 0 aromatic heterocycles. The van der Waals surface area contributed by atoms with Crippen molar-refractivity contribution in [2.24, 2.45) is 17.3 Å². The molecule has 6 nitrogen and oxygen atoms in total. The molecular weight excluding hydrogens is 332 g/mol. The fourth-order valence-electron chi connectivity index (χ4n) is 6.46. The van der Waals surface area contributed by atoms with E-state index >= 15 is 0 Å². The number of nitriles is 1. The largest absolute Gasteiger partial charge is 0.455 e. The Morgan fingerprint density at radius 3 is 2.35 bits per heavy atom. The molecule has 0 spiro atoms. The third kappa shape index (κ3) is 3.11. The summed E-state index contributed by atoms with van der Waals surface area (Å²) in [4.78, 5) is 25.1. The van der Waals surface area contributed by atoms with Crippen LogP contribution in [-0.4, -0.2) is 34.7 Å². The number of rotatable bonds is 4. The van der Waals surface area contributed by atoms with E-state index in [2.05, 4.69) is 11.4 Å². The zero-order valence-corrected chi connectivity index (χ0v) is 15.3. The fourth-order valence-corrected chi connectivity index (χ4v) is 6.46. The molecule has 0 heterocycles. The first-order valence-corrected chi connectivity index (χ1v) is 9.98. The van der Waals surface area contributed by atoms with E-state index in [-0.39, 0.29) is 12.6 Å². The lowest BCUT2D eigenvalue weighted by Crippen LogP contribution is -2.58. The highest BCUT2D eigenvalue weighted by Crippen LogP contribution is 2.61. The Kier molecular flexibility index (Phi) is 4.26. The first-order valence-electron chi connectivity index (χ1n) is 9.98. The van der Waals surface area contributed by atoms with E-state index in [0.717, 1.165) is 51.4 Å². The van der Waals surface area contributed by atoms with Crippen molar-refractivity contribution in [2.45, 2.75) is 81.8 Å². The lowest BCUT2D eigenvalue weighted by Gasteiger charge is -2.58. The number of carbonyl (C=O) groups is 2. The number of aliphatic hydroxyl groups is 1. The third-order valence-corrected chi connectivity index (χ3v) is 7.10. The minimum Gasteiger partial charge on any atom is -0.455 e. The molecule has 5 aliphatic rings. The quantitative estimate of drug-likeness (QED) is 0.749. The second-order valence-corrected chi connectivity index (χ2v) is 9.34. The minimum atomic E-state index is -0.808. The number of nitrogens with zero attached hydrogens (tertiary/aromatic N) is 1. The monoisotopic (exact) mass is 360 g/mol. The molecule has 2 atom stereocenters. The second kappa shape index (κ2) is 6.23. The van der Waals surface area contributed by atoms with Crippen LogP contribution in [0.3, 0.4) is 0 Å². The average Bonchev–Trinajstić information content (AvgIpc) is 2.58. The van der Waals surface area contributed by atoms with Gasteiger partial charge >= 0.3 is 5.97 Å². The van der Waals surface area contributed by atoms with Crippen LogP contribution in [0.25, 0.3) is 0 Å². The van der Waals surface area contributed by atoms with Crippen molar-refractivity contribution < 1.29 is 19.4 Å². The fraction of sp³-hybridized carbons (Fsp3) is 0.850. The Balaban J connectivity index is 1.35. The van der Waals surface area contributed by atoms with E-state index in [9.17, 15) is 20.0 Å². The van der Waals surface area contributed by atoms with Crippen LogP contribution in [0.4, 0.5) is 0 Å². The molecule has 5 rings (SSSR count). The summed E-state index contributed by atoms with van der Waals surface area (Å²) >= 11 is 0. The van der Waals surface area contributed by atoms with Crippen LogP contribution in [0, 0.1) is 28.6 Å². The van der Waals surface area contributed by atoms with Gasteiger partial charge in [0, 0.05) is 0 Å². The third-order valence-electron chi connectivity index (χ3n) is 7.10. The van der Waals surface area contributed by atoms with Gasteiger partial charge in [-0.15, -0.1) is 0 Å². The van der Waals surface area contributed by atoms with Gasteiger partial charge in [0.15, 0.2) is 6.61 Å². The summed E-state index contributed by atoms with van der Waals surface area (Å²) < 4.78 is 5.39. The first-order chi connectivity index (χ1) is 12.4. The van der Waals surface area contributed by atoms with Crippen LogP contribution in [0.5, 0.6) is 0 Å². The Hall–Kier alpha value is -1.61. The van der Waals surface area contributed by atoms with E-state index in [1.807, 2.05) is 0 Å². The zero-order valence-electron chi connectivity index (χ0n) is 15.3. The normalized spacial score (nSPS) is 39.8. The van der Waals surface area contributed by atoms with E-state index in [4.69, 9.17) is 4.74 Å². The predicted molar refractivity (Wildman–Crippen MR) is 92.6 cm³/mol. The summed E-state index contributed by atoms with van der Waals surface area (Å²) in [6.45, 7) is -0.336. The van der Waals surface area contributed by atoms with Gasteiger partial charge in [-0.2, -0.15) is 5.26 Å². The van der Waals surface area contributed by atoms with Gasteiger partial charge in [0.2, 0.25) is 0 Å². The molecule has 142 valence electrons. The average molecular weight is 360 g/mol. The Morgan fingerprint density at radius 1 is 1.12 bits per heavy atom. The van der Waals surface area contributed by atoms with Crippen molar-refractivity contribution in [3.8, 4) is 6.07 Å². The number of esters is 1. The number of carbonyl (C=O) groups excluding carboxylic acids is 2. The van der Waals surface area contributed by atoms with Gasteiger partial charge in [-0.25, -0.2) is 0 Å². The van der Waals surface area contributed by atoms with Crippen LogP contribution in [0.2, 0.25) is 0 Å². The van der Waals surface area contributed by atoms with Gasteiger partial charge in [-0.1, -0.05) is 19.3 Å². The standard InChI is InChI=1S/C20H28N2O4/c21-13-19(4-2-1-3-5-19)22-16(23)11-26-17(24)18-7-14-6-15(8-18)10-20(25,9-14)12-18/h14-15,25H,1-12H2,(H,22,23)/t14-,15-,18?,20?/m1/s1. The SMILES string of the molecule is N#CC1(NC(=O)COC(=O)C23C[C@H]4C[C@@H](CC(O)(C4)C2)C3)CCCCC1. The summed E-state index contributed by atoms with van der Waals surface area (Å²) in [6.07, 6.45) is 8.96. The smallest absolute Gasteiger partial charge is 0.312 e. The molecule has 4 bridgehead atoms. The summed E-state index contributed by atoms with van der Waals surface area (Å²) in [5, 5.41) is 23.0. The minimum absolute atomic E-state index is 0.336. The zero-order chi connectivity index (χ0) is 18.4.